The van der Waals surface area contributed by atoms with Gasteiger partial charge in [-0.3, -0.25) is 14.9 Å². The lowest BCUT2D eigenvalue weighted by Crippen LogP contribution is -2.23. The fraction of sp³-hybridized carbons (Fsp3) is 0.188. The van der Waals surface area contributed by atoms with E-state index >= 15 is 0 Å². The lowest BCUT2D eigenvalue weighted by Gasteiger charge is -2.15. The molecule has 0 bridgehead atoms. The molecule has 0 saturated carbocycles. The largest absolute Gasteiger partial charge is 0.312 e. The summed E-state index contributed by atoms with van der Waals surface area (Å²) in [6.45, 7) is 0.782. The first-order valence-corrected chi connectivity index (χ1v) is 7.89. The van der Waals surface area contributed by atoms with E-state index in [1.54, 1.807) is 22.6 Å². The highest BCUT2D eigenvalue weighted by Gasteiger charge is 2.21. The van der Waals surface area contributed by atoms with E-state index < -0.39 is 0 Å². The SMILES string of the molecule is O=C(/C=C/c1ccc(N2CCCC2=O)cc1)Nc1nccs1. The van der Waals surface area contributed by atoms with Gasteiger partial charge in [-0.25, -0.2) is 4.98 Å². The van der Waals surface area contributed by atoms with Crippen molar-refractivity contribution in [2.24, 2.45) is 0 Å². The van der Waals surface area contributed by atoms with Crippen LogP contribution in [0.3, 0.4) is 0 Å². The molecule has 3 rings (SSSR count). The van der Waals surface area contributed by atoms with Crippen molar-refractivity contribution in [2.45, 2.75) is 12.8 Å². The minimum Gasteiger partial charge on any atom is -0.312 e. The number of aromatic nitrogens is 1. The van der Waals surface area contributed by atoms with Crippen molar-refractivity contribution in [2.75, 3.05) is 16.8 Å². The molecule has 1 aromatic carbocycles. The molecule has 22 heavy (non-hydrogen) atoms. The van der Waals surface area contributed by atoms with E-state index in [1.807, 2.05) is 24.3 Å². The predicted octanol–water partition coefficient (Wildman–Crippen LogP) is 2.92. The van der Waals surface area contributed by atoms with Crippen LogP contribution in [0.5, 0.6) is 0 Å². The number of nitrogens with zero attached hydrogens (tertiary/aromatic N) is 2. The van der Waals surface area contributed by atoms with Crippen LogP contribution < -0.4 is 10.2 Å². The molecular formula is C16H15N3O2S. The number of amides is 2. The van der Waals surface area contributed by atoms with Crippen molar-refractivity contribution >= 4 is 40.0 Å². The topological polar surface area (TPSA) is 62.3 Å². The fourth-order valence-electron chi connectivity index (χ4n) is 2.29. The Morgan fingerprint density at radius 3 is 2.77 bits per heavy atom. The van der Waals surface area contributed by atoms with Gasteiger partial charge in [0.15, 0.2) is 5.13 Å². The Morgan fingerprint density at radius 1 is 1.32 bits per heavy atom. The van der Waals surface area contributed by atoms with Crippen LogP contribution in [0.1, 0.15) is 18.4 Å². The van der Waals surface area contributed by atoms with E-state index in [0.29, 0.717) is 11.6 Å². The Labute approximate surface area is 132 Å². The molecule has 1 N–H and O–H groups in total. The molecule has 1 saturated heterocycles. The third-order valence-electron chi connectivity index (χ3n) is 3.37. The van der Waals surface area contributed by atoms with Gasteiger partial charge < -0.3 is 4.90 Å². The van der Waals surface area contributed by atoms with E-state index in [9.17, 15) is 9.59 Å². The second-order valence-corrected chi connectivity index (χ2v) is 5.79. The van der Waals surface area contributed by atoms with Gasteiger partial charge in [0.2, 0.25) is 11.8 Å². The predicted molar refractivity (Wildman–Crippen MR) is 87.8 cm³/mol. The lowest BCUT2D eigenvalue weighted by atomic mass is 10.2. The summed E-state index contributed by atoms with van der Waals surface area (Å²) < 4.78 is 0. The number of benzene rings is 1. The quantitative estimate of drug-likeness (QED) is 0.883. The molecule has 1 aromatic heterocycles. The van der Waals surface area contributed by atoms with Crippen LogP contribution in [-0.4, -0.2) is 23.3 Å². The molecule has 0 spiro atoms. The van der Waals surface area contributed by atoms with Crippen LogP contribution in [0.15, 0.2) is 41.9 Å². The molecule has 0 aliphatic carbocycles. The number of hydrogen-bond donors (Lipinski definition) is 1. The smallest absolute Gasteiger partial charge is 0.250 e. The van der Waals surface area contributed by atoms with E-state index in [-0.39, 0.29) is 11.8 Å². The lowest BCUT2D eigenvalue weighted by molar-refractivity contribution is -0.117. The van der Waals surface area contributed by atoms with Gasteiger partial charge >= 0.3 is 0 Å². The van der Waals surface area contributed by atoms with Crippen molar-refractivity contribution in [3.8, 4) is 0 Å². The molecule has 2 aromatic rings. The summed E-state index contributed by atoms with van der Waals surface area (Å²) in [6.07, 6.45) is 6.38. The number of carbonyl (C=O) groups is 2. The second kappa shape index (κ2) is 6.53. The molecule has 1 aliphatic rings. The molecule has 0 radical (unpaired) electrons. The Bertz CT molecular complexity index is 693. The summed E-state index contributed by atoms with van der Waals surface area (Å²) in [7, 11) is 0. The Kier molecular flexibility index (Phi) is 4.29. The van der Waals surface area contributed by atoms with Crippen LogP contribution >= 0.6 is 11.3 Å². The highest BCUT2D eigenvalue weighted by Crippen LogP contribution is 2.21. The standard InChI is InChI=1S/C16H15N3O2S/c20-14(18-16-17-9-11-22-16)8-5-12-3-6-13(7-4-12)19-10-1-2-15(19)21/h3-9,11H,1-2,10H2,(H,17,18,20)/b8-5+. The summed E-state index contributed by atoms with van der Waals surface area (Å²) in [5.74, 6) is -0.0418. The Morgan fingerprint density at radius 2 is 2.14 bits per heavy atom. The average molecular weight is 313 g/mol. The van der Waals surface area contributed by atoms with Crippen molar-refractivity contribution < 1.29 is 9.59 Å². The summed E-state index contributed by atoms with van der Waals surface area (Å²) in [5.41, 5.74) is 1.82. The van der Waals surface area contributed by atoms with Crippen molar-refractivity contribution in [1.29, 1.82) is 0 Å². The highest BCUT2D eigenvalue weighted by atomic mass is 32.1. The minimum atomic E-state index is -0.214. The molecule has 1 aliphatic heterocycles. The van der Waals surface area contributed by atoms with Crippen LogP contribution in [-0.2, 0) is 9.59 Å². The number of carbonyl (C=O) groups excluding carboxylic acids is 2. The van der Waals surface area contributed by atoms with Crippen molar-refractivity contribution in [3.63, 3.8) is 0 Å². The summed E-state index contributed by atoms with van der Waals surface area (Å²) in [4.78, 5) is 29.2. The summed E-state index contributed by atoms with van der Waals surface area (Å²) in [5, 5.41) is 5.07. The normalized spacial score (nSPS) is 14.7. The molecule has 6 heteroatoms. The third-order valence-corrected chi connectivity index (χ3v) is 4.06. The van der Waals surface area contributed by atoms with Gasteiger partial charge in [-0.05, 0) is 30.2 Å². The van der Waals surface area contributed by atoms with Gasteiger partial charge in [0.25, 0.3) is 0 Å². The van der Waals surface area contributed by atoms with Gasteiger partial charge in [0.1, 0.15) is 0 Å². The van der Waals surface area contributed by atoms with Crippen molar-refractivity contribution in [1.82, 2.24) is 4.98 Å². The molecular weight excluding hydrogens is 298 g/mol. The fourth-order valence-corrected chi connectivity index (χ4v) is 2.82. The maximum atomic E-state index is 11.7. The zero-order chi connectivity index (χ0) is 15.4. The van der Waals surface area contributed by atoms with Crippen LogP contribution in [0.2, 0.25) is 0 Å². The second-order valence-electron chi connectivity index (χ2n) is 4.90. The van der Waals surface area contributed by atoms with Gasteiger partial charge in [-0.1, -0.05) is 12.1 Å². The molecule has 1 fully saturated rings. The number of thiazole rings is 1. The monoisotopic (exact) mass is 313 g/mol. The molecule has 112 valence electrons. The third kappa shape index (κ3) is 3.40. The maximum absolute atomic E-state index is 11.7. The summed E-state index contributed by atoms with van der Waals surface area (Å²) >= 11 is 1.37. The zero-order valence-electron chi connectivity index (χ0n) is 11.9. The molecule has 0 unspecified atom stereocenters. The van der Waals surface area contributed by atoms with Gasteiger partial charge in [0.05, 0.1) is 0 Å². The minimum absolute atomic E-state index is 0.172. The van der Waals surface area contributed by atoms with Crippen molar-refractivity contribution in [3.05, 3.63) is 47.5 Å². The van der Waals surface area contributed by atoms with Crippen LogP contribution in [0.4, 0.5) is 10.8 Å². The number of rotatable bonds is 4. The number of nitrogens with one attached hydrogen (secondary N) is 1. The summed E-state index contributed by atoms with van der Waals surface area (Å²) in [6, 6.07) is 7.60. The first kappa shape index (κ1) is 14.5. The van der Waals surface area contributed by atoms with Crippen LogP contribution in [0, 0.1) is 0 Å². The Balaban J connectivity index is 1.62. The Hall–Kier alpha value is -2.47. The zero-order valence-corrected chi connectivity index (χ0v) is 12.7. The van der Waals surface area contributed by atoms with E-state index in [0.717, 1.165) is 24.2 Å². The molecule has 0 atom stereocenters. The van der Waals surface area contributed by atoms with Gasteiger partial charge in [-0.2, -0.15) is 0 Å². The highest BCUT2D eigenvalue weighted by molar-refractivity contribution is 7.13. The molecule has 2 heterocycles. The maximum Gasteiger partial charge on any atom is 0.250 e. The molecule has 5 nitrogen and oxygen atoms in total. The number of hydrogen-bond acceptors (Lipinski definition) is 4. The van der Waals surface area contributed by atoms with E-state index in [1.165, 1.54) is 17.4 Å². The number of anilines is 2. The van der Waals surface area contributed by atoms with E-state index in [2.05, 4.69) is 10.3 Å². The average Bonchev–Trinajstić information content (AvgIpc) is 3.17. The molecule has 2 amide bonds. The van der Waals surface area contributed by atoms with Gasteiger partial charge in [-0.15, -0.1) is 11.3 Å². The first-order valence-electron chi connectivity index (χ1n) is 7.01. The first-order chi connectivity index (χ1) is 10.7. The van der Waals surface area contributed by atoms with Crippen LogP contribution in [0.25, 0.3) is 6.08 Å². The van der Waals surface area contributed by atoms with Gasteiger partial charge in [0, 0.05) is 36.3 Å². The van der Waals surface area contributed by atoms with E-state index in [4.69, 9.17) is 0 Å².